The monoisotopic (exact) mass is 424 g/mol. The molecule has 4 nitrogen and oxygen atoms in total. The second-order valence-electron chi connectivity index (χ2n) is 6.45. The summed E-state index contributed by atoms with van der Waals surface area (Å²) >= 11 is 0. The third kappa shape index (κ3) is 5.33. The van der Waals surface area contributed by atoms with Crippen LogP contribution in [0, 0.1) is 0 Å². The lowest BCUT2D eigenvalue weighted by Crippen LogP contribution is -2.76. The molecule has 0 saturated heterocycles. The van der Waals surface area contributed by atoms with Crippen LogP contribution in [0.25, 0.3) is 0 Å². The fraction of sp³-hybridized carbons (Fsp3) is 0.368. The van der Waals surface area contributed by atoms with Crippen LogP contribution in [0.3, 0.4) is 0 Å². The van der Waals surface area contributed by atoms with E-state index in [9.17, 15) is 26.3 Å². The van der Waals surface area contributed by atoms with E-state index in [-0.39, 0.29) is 11.7 Å². The Hall–Kier alpha value is -2.46. The fourth-order valence-corrected chi connectivity index (χ4v) is 2.73. The molecule has 0 fully saturated rings. The Morgan fingerprint density at radius 2 is 1.41 bits per heavy atom. The van der Waals surface area contributed by atoms with Crippen molar-refractivity contribution in [3.8, 4) is 17.2 Å². The Balaban J connectivity index is 2.69. The van der Waals surface area contributed by atoms with E-state index >= 15 is 0 Å². The van der Waals surface area contributed by atoms with Crippen LogP contribution in [0.5, 0.6) is 17.2 Å². The molecule has 2 N–H and O–H groups in total. The minimum atomic E-state index is -5.08. The van der Waals surface area contributed by atoms with Crippen molar-refractivity contribution < 1.29 is 46.1 Å². The summed E-state index contributed by atoms with van der Waals surface area (Å²) in [6.07, 6.45) is -10.2. The quantitative estimate of drug-likeness (QED) is 0.383. The van der Waals surface area contributed by atoms with Gasteiger partial charge in [0.15, 0.2) is 11.4 Å². The van der Waals surface area contributed by atoms with Crippen molar-refractivity contribution in [2.45, 2.75) is 32.1 Å². The summed E-state index contributed by atoms with van der Waals surface area (Å²) < 4.78 is 91.6. The highest BCUT2D eigenvalue weighted by molar-refractivity contribution is 5.54. The number of hydrogen-bond donors (Lipinski definition) is 1. The van der Waals surface area contributed by atoms with E-state index in [1.165, 1.54) is 25.3 Å². The molecule has 2 aromatic carbocycles. The Bertz CT molecular complexity index is 827. The third-order valence-electron chi connectivity index (χ3n) is 4.02. The number of rotatable bonds is 6. The minimum absolute atomic E-state index is 0.101. The molecule has 2 rings (SSSR count). The van der Waals surface area contributed by atoms with Crippen LogP contribution >= 0.6 is 0 Å². The van der Waals surface area contributed by atoms with Crippen LogP contribution in [-0.4, -0.2) is 14.2 Å². The first-order valence-electron chi connectivity index (χ1n) is 8.42. The standard InChI is InChI=1S/C19H19F6NO3/c1-10(2)13-9-12(5-6-16(13)27-3)29-17-14(18(20,21)22)7-11(26-28-4)8-15(17)19(23,24)25/h5-10,26H,1-4H3/p+1. The molecule has 0 unspecified atom stereocenters. The molecule has 0 amide bonds. The zero-order valence-electron chi connectivity index (χ0n) is 16.0. The maximum absolute atomic E-state index is 13.5. The van der Waals surface area contributed by atoms with Crippen molar-refractivity contribution in [2.24, 2.45) is 0 Å². The van der Waals surface area contributed by atoms with Gasteiger partial charge >= 0.3 is 12.4 Å². The molecule has 0 aliphatic carbocycles. The van der Waals surface area contributed by atoms with Gasteiger partial charge in [-0.05, 0) is 24.1 Å². The molecular weight excluding hydrogens is 404 g/mol. The molecule has 0 saturated carbocycles. The zero-order chi connectivity index (χ0) is 22.0. The van der Waals surface area contributed by atoms with E-state index in [2.05, 4.69) is 4.84 Å². The lowest BCUT2D eigenvalue weighted by Gasteiger charge is -2.20. The third-order valence-corrected chi connectivity index (χ3v) is 4.02. The van der Waals surface area contributed by atoms with Gasteiger partial charge in [0.1, 0.15) is 22.6 Å². The van der Waals surface area contributed by atoms with Crippen LogP contribution in [0.1, 0.15) is 36.5 Å². The highest BCUT2D eigenvalue weighted by Gasteiger charge is 2.43. The normalized spacial score (nSPS) is 12.4. The Morgan fingerprint density at radius 1 is 0.862 bits per heavy atom. The van der Waals surface area contributed by atoms with Crippen LogP contribution in [0.4, 0.5) is 32.0 Å². The molecule has 0 atom stereocenters. The number of quaternary nitrogens is 1. The number of alkyl halides is 6. The SMILES string of the molecule is CO[NH2+]c1cc(C(F)(F)F)c(Oc2ccc(OC)c(C(C)C)c2)c(C(F)(F)F)c1. The van der Waals surface area contributed by atoms with E-state index in [0.717, 1.165) is 12.6 Å². The maximum atomic E-state index is 13.5. The Morgan fingerprint density at radius 3 is 1.83 bits per heavy atom. The first-order chi connectivity index (χ1) is 13.4. The number of ether oxygens (including phenoxy) is 2. The van der Waals surface area contributed by atoms with Crippen LogP contribution in [-0.2, 0) is 17.2 Å². The van der Waals surface area contributed by atoms with Gasteiger partial charge in [-0.1, -0.05) is 13.8 Å². The van der Waals surface area contributed by atoms with Gasteiger partial charge in [-0.2, -0.15) is 31.8 Å². The van der Waals surface area contributed by atoms with E-state index in [1.807, 2.05) is 0 Å². The van der Waals surface area contributed by atoms with Crippen molar-refractivity contribution in [2.75, 3.05) is 14.2 Å². The average Bonchev–Trinajstić information content (AvgIpc) is 2.61. The molecular formula is C19H20F6NO3+. The largest absolute Gasteiger partial charge is 0.496 e. The summed E-state index contributed by atoms with van der Waals surface area (Å²) in [5.74, 6) is -1.15. The second kappa shape index (κ2) is 8.50. The van der Waals surface area contributed by atoms with Crippen LogP contribution < -0.4 is 15.0 Å². The Labute approximate surface area is 163 Å². The van der Waals surface area contributed by atoms with Gasteiger partial charge in [-0.3, -0.25) is 0 Å². The molecule has 0 heterocycles. The molecule has 0 spiro atoms. The highest BCUT2D eigenvalue weighted by atomic mass is 19.4. The van der Waals surface area contributed by atoms with Gasteiger partial charge in [-0.25, -0.2) is 4.84 Å². The van der Waals surface area contributed by atoms with Gasteiger partial charge in [0.25, 0.3) is 0 Å². The van der Waals surface area contributed by atoms with Crippen LogP contribution in [0.2, 0.25) is 0 Å². The summed E-state index contributed by atoms with van der Waals surface area (Å²) in [5.41, 5.74) is -2.14. The molecule has 160 valence electrons. The Kier molecular flexibility index (Phi) is 6.69. The lowest BCUT2D eigenvalue weighted by atomic mass is 10.0. The summed E-state index contributed by atoms with van der Waals surface area (Å²) in [7, 11) is 2.53. The van der Waals surface area contributed by atoms with E-state index in [4.69, 9.17) is 9.47 Å². The number of halogens is 6. The van der Waals surface area contributed by atoms with Gasteiger partial charge in [0.2, 0.25) is 0 Å². The molecule has 10 heteroatoms. The summed E-state index contributed by atoms with van der Waals surface area (Å²) in [4.78, 5) is 4.57. The van der Waals surface area contributed by atoms with Crippen molar-refractivity contribution >= 4 is 5.69 Å². The predicted molar refractivity (Wildman–Crippen MR) is 92.2 cm³/mol. The van der Waals surface area contributed by atoms with E-state index in [0.29, 0.717) is 23.4 Å². The van der Waals surface area contributed by atoms with Crippen molar-refractivity contribution in [3.63, 3.8) is 0 Å². The van der Waals surface area contributed by atoms with Gasteiger partial charge in [-0.15, -0.1) is 0 Å². The predicted octanol–water partition coefficient (Wildman–Crippen LogP) is 5.40. The van der Waals surface area contributed by atoms with Crippen molar-refractivity contribution in [3.05, 3.63) is 47.0 Å². The van der Waals surface area contributed by atoms with Crippen molar-refractivity contribution in [1.82, 2.24) is 0 Å². The van der Waals surface area contributed by atoms with E-state index in [1.54, 1.807) is 13.8 Å². The number of nitrogens with two attached hydrogens (primary N) is 1. The number of hydrogen-bond acceptors (Lipinski definition) is 3. The maximum Gasteiger partial charge on any atom is 0.420 e. The van der Waals surface area contributed by atoms with E-state index < -0.39 is 34.9 Å². The fourth-order valence-electron chi connectivity index (χ4n) is 2.73. The van der Waals surface area contributed by atoms with Crippen molar-refractivity contribution in [1.29, 1.82) is 0 Å². The molecule has 0 aromatic heterocycles. The summed E-state index contributed by atoms with van der Waals surface area (Å²) in [5, 5.41) is 0. The molecule has 0 aliphatic heterocycles. The molecule has 2 aromatic rings. The number of benzene rings is 2. The average molecular weight is 424 g/mol. The second-order valence-corrected chi connectivity index (χ2v) is 6.45. The highest BCUT2D eigenvalue weighted by Crippen LogP contribution is 2.47. The minimum Gasteiger partial charge on any atom is -0.496 e. The molecule has 0 radical (unpaired) electrons. The van der Waals surface area contributed by atoms with Gasteiger partial charge < -0.3 is 9.47 Å². The first-order valence-corrected chi connectivity index (χ1v) is 8.42. The smallest absolute Gasteiger partial charge is 0.420 e. The topological polar surface area (TPSA) is 44.3 Å². The first kappa shape index (κ1) is 22.8. The number of methoxy groups -OCH3 is 1. The lowest BCUT2D eigenvalue weighted by molar-refractivity contribution is -0.830. The zero-order valence-corrected chi connectivity index (χ0v) is 16.0. The van der Waals surface area contributed by atoms with Crippen LogP contribution in [0.15, 0.2) is 30.3 Å². The molecule has 0 aliphatic rings. The van der Waals surface area contributed by atoms with Gasteiger partial charge in [0.05, 0.1) is 14.2 Å². The van der Waals surface area contributed by atoms with Gasteiger partial charge in [0, 0.05) is 17.7 Å². The molecule has 0 bridgehead atoms. The summed E-state index contributed by atoms with van der Waals surface area (Å²) in [6.45, 7) is 3.61. The molecule has 29 heavy (non-hydrogen) atoms. The summed E-state index contributed by atoms with van der Waals surface area (Å²) in [6, 6.07) is 5.12.